The maximum Gasteiger partial charge on any atom is 0.163 e. The summed E-state index contributed by atoms with van der Waals surface area (Å²) in [5.74, 6) is -0.187. The van der Waals surface area contributed by atoms with Crippen LogP contribution in [0.3, 0.4) is 0 Å². The summed E-state index contributed by atoms with van der Waals surface area (Å²) in [7, 11) is 0. The summed E-state index contributed by atoms with van der Waals surface area (Å²) < 4.78 is 0. The fourth-order valence-corrected chi connectivity index (χ4v) is 1.74. The van der Waals surface area contributed by atoms with E-state index in [1.807, 2.05) is 6.92 Å². The average molecular weight is 178 g/mol. The zero-order chi connectivity index (χ0) is 9.59. The Morgan fingerprint density at radius 2 is 1.92 bits per heavy atom. The second-order valence-electron chi connectivity index (χ2n) is 3.46. The predicted molar refractivity (Wildman–Crippen MR) is 47.1 cm³/mol. The number of hydrogen-bond donors (Lipinski definition) is 2. The van der Waals surface area contributed by atoms with Crippen molar-refractivity contribution in [3.63, 3.8) is 0 Å². The third kappa shape index (κ3) is 1.08. The van der Waals surface area contributed by atoms with Crippen molar-refractivity contribution >= 4 is 5.78 Å². The number of rotatable bonds is 0. The van der Waals surface area contributed by atoms with E-state index in [0.29, 0.717) is 12.0 Å². The Labute approximate surface area is 75.6 Å². The zero-order valence-electron chi connectivity index (χ0n) is 7.24. The van der Waals surface area contributed by atoms with Gasteiger partial charge in [0.05, 0.1) is 0 Å². The molecule has 0 fully saturated rings. The molecule has 0 aromatic heterocycles. The Kier molecular flexibility index (Phi) is 1.55. The van der Waals surface area contributed by atoms with Crippen molar-refractivity contribution < 1.29 is 15.0 Å². The van der Waals surface area contributed by atoms with E-state index < -0.39 is 0 Å². The summed E-state index contributed by atoms with van der Waals surface area (Å²) in [4.78, 5) is 11.3. The topological polar surface area (TPSA) is 57.5 Å². The molecule has 3 nitrogen and oxygen atoms in total. The molecule has 1 aliphatic carbocycles. The van der Waals surface area contributed by atoms with Crippen LogP contribution in [0.4, 0.5) is 0 Å². The standard InChI is InChI=1S/C10H10O3/c1-5-2-8(11)7-4-10(13)9(12)3-6(5)7/h3-5,12-13H,2H2,1H3. The predicted octanol–water partition coefficient (Wildman–Crippen LogP) is 1.79. The van der Waals surface area contributed by atoms with E-state index in [1.54, 1.807) is 0 Å². The van der Waals surface area contributed by atoms with E-state index in [4.69, 9.17) is 0 Å². The van der Waals surface area contributed by atoms with Crippen molar-refractivity contribution in [3.8, 4) is 11.5 Å². The van der Waals surface area contributed by atoms with Gasteiger partial charge in [0.1, 0.15) is 0 Å². The molecule has 0 radical (unpaired) electrons. The molecule has 0 bridgehead atoms. The molecule has 1 unspecified atom stereocenters. The first kappa shape index (κ1) is 8.10. The summed E-state index contributed by atoms with van der Waals surface area (Å²) in [6.45, 7) is 1.93. The molecular formula is C10H10O3. The Morgan fingerprint density at radius 3 is 2.62 bits per heavy atom. The largest absolute Gasteiger partial charge is 0.504 e. The number of benzene rings is 1. The van der Waals surface area contributed by atoms with Crippen LogP contribution in [0.5, 0.6) is 11.5 Å². The molecule has 68 valence electrons. The first-order valence-corrected chi connectivity index (χ1v) is 4.18. The highest BCUT2D eigenvalue weighted by Crippen LogP contribution is 2.38. The van der Waals surface area contributed by atoms with E-state index in [1.165, 1.54) is 12.1 Å². The van der Waals surface area contributed by atoms with Gasteiger partial charge in [-0.05, 0) is 23.6 Å². The highest BCUT2D eigenvalue weighted by molar-refractivity contribution is 6.01. The maximum atomic E-state index is 11.3. The number of phenolic OH excluding ortho intramolecular Hbond substituents is 2. The highest BCUT2D eigenvalue weighted by atomic mass is 16.3. The Hall–Kier alpha value is -1.51. The maximum absolute atomic E-state index is 11.3. The number of Topliss-reactive ketones (excluding diaryl/α,β-unsaturated/α-hetero) is 1. The van der Waals surface area contributed by atoms with Gasteiger partial charge < -0.3 is 10.2 Å². The number of hydrogen-bond acceptors (Lipinski definition) is 3. The quantitative estimate of drug-likeness (QED) is 0.595. The first-order chi connectivity index (χ1) is 6.09. The molecule has 1 aromatic rings. The van der Waals surface area contributed by atoms with Crippen LogP contribution < -0.4 is 0 Å². The minimum Gasteiger partial charge on any atom is -0.504 e. The minimum atomic E-state index is -0.221. The van der Waals surface area contributed by atoms with Crippen molar-refractivity contribution in [2.45, 2.75) is 19.3 Å². The van der Waals surface area contributed by atoms with E-state index in [-0.39, 0.29) is 23.2 Å². The smallest absolute Gasteiger partial charge is 0.163 e. The van der Waals surface area contributed by atoms with Gasteiger partial charge in [-0.15, -0.1) is 0 Å². The van der Waals surface area contributed by atoms with Gasteiger partial charge in [0.15, 0.2) is 17.3 Å². The first-order valence-electron chi connectivity index (χ1n) is 4.18. The molecule has 0 amide bonds. The minimum absolute atomic E-state index is 0.0396. The molecule has 1 atom stereocenters. The van der Waals surface area contributed by atoms with Crippen LogP contribution in [0.25, 0.3) is 0 Å². The molecule has 0 aliphatic heterocycles. The number of aromatic hydroxyl groups is 2. The molecule has 13 heavy (non-hydrogen) atoms. The van der Waals surface area contributed by atoms with Crippen LogP contribution in [0, 0.1) is 0 Å². The lowest BCUT2D eigenvalue weighted by atomic mass is 10.0. The fourth-order valence-electron chi connectivity index (χ4n) is 1.74. The van der Waals surface area contributed by atoms with Crippen molar-refractivity contribution in [2.24, 2.45) is 0 Å². The number of ketones is 1. The van der Waals surface area contributed by atoms with Gasteiger partial charge in [-0.25, -0.2) is 0 Å². The van der Waals surface area contributed by atoms with E-state index >= 15 is 0 Å². The Bertz CT molecular complexity index is 382. The van der Waals surface area contributed by atoms with Crippen LogP contribution in [-0.2, 0) is 0 Å². The van der Waals surface area contributed by atoms with Crippen molar-refractivity contribution in [1.82, 2.24) is 0 Å². The van der Waals surface area contributed by atoms with E-state index in [0.717, 1.165) is 5.56 Å². The normalized spacial score (nSPS) is 20.4. The lowest BCUT2D eigenvalue weighted by Crippen LogP contribution is -1.90. The third-order valence-electron chi connectivity index (χ3n) is 2.47. The summed E-state index contributed by atoms with van der Waals surface area (Å²) in [6.07, 6.45) is 0.470. The van der Waals surface area contributed by atoms with Gasteiger partial charge >= 0.3 is 0 Å². The molecule has 1 aromatic carbocycles. The average Bonchev–Trinajstić information content (AvgIpc) is 2.31. The second kappa shape index (κ2) is 2.49. The molecule has 3 heteroatoms. The van der Waals surface area contributed by atoms with Crippen molar-refractivity contribution in [3.05, 3.63) is 23.3 Å². The molecule has 0 spiro atoms. The van der Waals surface area contributed by atoms with E-state index in [2.05, 4.69) is 0 Å². The lowest BCUT2D eigenvalue weighted by Gasteiger charge is -2.04. The van der Waals surface area contributed by atoms with Crippen LogP contribution in [0.1, 0.15) is 35.2 Å². The lowest BCUT2D eigenvalue weighted by molar-refractivity contribution is 0.0990. The van der Waals surface area contributed by atoms with Crippen LogP contribution in [0.15, 0.2) is 12.1 Å². The Balaban J connectivity index is 2.65. The number of carbonyl (C=O) groups is 1. The third-order valence-corrected chi connectivity index (χ3v) is 2.47. The molecular weight excluding hydrogens is 168 g/mol. The van der Waals surface area contributed by atoms with Gasteiger partial charge in [-0.1, -0.05) is 6.92 Å². The van der Waals surface area contributed by atoms with E-state index in [9.17, 15) is 15.0 Å². The Morgan fingerprint density at radius 1 is 1.31 bits per heavy atom. The van der Waals surface area contributed by atoms with Gasteiger partial charge in [0, 0.05) is 12.0 Å². The van der Waals surface area contributed by atoms with Gasteiger partial charge in [0.2, 0.25) is 0 Å². The molecule has 2 rings (SSSR count). The fraction of sp³-hybridized carbons (Fsp3) is 0.300. The van der Waals surface area contributed by atoms with Gasteiger partial charge in [0.25, 0.3) is 0 Å². The van der Waals surface area contributed by atoms with Gasteiger partial charge in [-0.2, -0.15) is 0 Å². The molecule has 1 aliphatic rings. The number of fused-ring (bicyclic) bond motifs is 1. The van der Waals surface area contributed by atoms with Crippen LogP contribution in [0.2, 0.25) is 0 Å². The summed E-state index contributed by atoms with van der Waals surface area (Å²) in [5, 5.41) is 18.4. The molecule has 0 heterocycles. The number of carbonyl (C=O) groups excluding carboxylic acids is 1. The number of phenols is 2. The SMILES string of the molecule is CC1CC(=O)c2cc(O)c(O)cc21. The highest BCUT2D eigenvalue weighted by Gasteiger charge is 2.27. The monoisotopic (exact) mass is 178 g/mol. The van der Waals surface area contributed by atoms with Crippen LogP contribution in [-0.4, -0.2) is 16.0 Å². The molecule has 2 N–H and O–H groups in total. The molecule has 0 saturated carbocycles. The summed E-state index contributed by atoms with van der Waals surface area (Å²) in [5.41, 5.74) is 1.38. The van der Waals surface area contributed by atoms with Crippen molar-refractivity contribution in [1.29, 1.82) is 0 Å². The summed E-state index contributed by atoms with van der Waals surface area (Å²) >= 11 is 0. The van der Waals surface area contributed by atoms with Crippen molar-refractivity contribution in [2.75, 3.05) is 0 Å². The van der Waals surface area contributed by atoms with Crippen LogP contribution >= 0.6 is 0 Å². The summed E-state index contributed by atoms with van der Waals surface area (Å²) in [6, 6.07) is 2.82. The van der Waals surface area contributed by atoms with Gasteiger partial charge in [-0.3, -0.25) is 4.79 Å². The second-order valence-corrected chi connectivity index (χ2v) is 3.46. The zero-order valence-corrected chi connectivity index (χ0v) is 7.24. The molecule has 0 saturated heterocycles.